The van der Waals surface area contributed by atoms with Crippen molar-refractivity contribution in [2.24, 2.45) is 11.3 Å². The second-order valence-electron chi connectivity index (χ2n) is 6.71. The van der Waals surface area contributed by atoms with Crippen LogP contribution in [0.3, 0.4) is 0 Å². The number of carbonyl (C=O) groups excluding carboxylic acids is 1. The first-order valence-electron chi connectivity index (χ1n) is 7.91. The molecule has 2 unspecified atom stereocenters. The van der Waals surface area contributed by atoms with Crippen LogP contribution in [0, 0.1) is 11.3 Å². The Balaban J connectivity index is 2.10. The lowest BCUT2D eigenvalue weighted by molar-refractivity contribution is -0.145. The Hall–Kier alpha value is -0.620. The van der Waals surface area contributed by atoms with E-state index >= 15 is 0 Å². The first-order valence-corrected chi connectivity index (χ1v) is 9.41. The van der Waals surface area contributed by atoms with E-state index in [1.165, 1.54) is 7.11 Å². The van der Waals surface area contributed by atoms with Crippen LogP contribution >= 0.6 is 0 Å². The topological polar surface area (TPSA) is 63.7 Å². The van der Waals surface area contributed by atoms with Gasteiger partial charge in [0, 0.05) is 13.1 Å². The monoisotopic (exact) mass is 317 g/mol. The number of piperidine rings is 1. The number of nitrogens with zero attached hydrogens (tertiary/aromatic N) is 1. The molecule has 0 spiro atoms. The third-order valence-electron chi connectivity index (χ3n) is 5.48. The fourth-order valence-electron chi connectivity index (χ4n) is 3.53. The van der Waals surface area contributed by atoms with E-state index in [0.29, 0.717) is 25.9 Å². The summed E-state index contributed by atoms with van der Waals surface area (Å²) in [5.74, 6) is -0.865. The van der Waals surface area contributed by atoms with Crippen LogP contribution in [-0.2, 0) is 19.6 Å². The SMILES string of the molecule is CCC1(C)CCN(S(=O)(=O)C2CCCC2C(=O)OC)CC1. The van der Waals surface area contributed by atoms with Gasteiger partial charge in [-0.3, -0.25) is 4.79 Å². The van der Waals surface area contributed by atoms with Gasteiger partial charge in [0.1, 0.15) is 0 Å². The highest BCUT2D eigenvalue weighted by Gasteiger charge is 2.46. The Morgan fingerprint density at radius 2 is 1.90 bits per heavy atom. The third-order valence-corrected chi connectivity index (χ3v) is 7.90. The maximum atomic E-state index is 12.8. The number of esters is 1. The van der Waals surface area contributed by atoms with Crippen molar-refractivity contribution in [2.45, 2.75) is 57.6 Å². The van der Waals surface area contributed by atoms with Crippen molar-refractivity contribution in [1.29, 1.82) is 0 Å². The van der Waals surface area contributed by atoms with Gasteiger partial charge in [-0.25, -0.2) is 12.7 Å². The fourth-order valence-corrected chi connectivity index (χ4v) is 5.73. The number of hydrogen-bond acceptors (Lipinski definition) is 4. The second-order valence-corrected chi connectivity index (χ2v) is 8.86. The molecule has 0 aromatic heterocycles. The van der Waals surface area contributed by atoms with Gasteiger partial charge in [-0.15, -0.1) is 0 Å². The highest BCUT2D eigenvalue weighted by molar-refractivity contribution is 7.89. The minimum Gasteiger partial charge on any atom is -0.469 e. The summed E-state index contributed by atoms with van der Waals surface area (Å²) in [4.78, 5) is 11.8. The summed E-state index contributed by atoms with van der Waals surface area (Å²) >= 11 is 0. The number of hydrogen-bond donors (Lipinski definition) is 0. The first kappa shape index (κ1) is 16.7. The quantitative estimate of drug-likeness (QED) is 0.746. The van der Waals surface area contributed by atoms with Gasteiger partial charge in [-0.2, -0.15) is 0 Å². The van der Waals surface area contributed by atoms with Crippen LogP contribution < -0.4 is 0 Å². The predicted octanol–water partition coefficient (Wildman–Crippen LogP) is 2.17. The Labute approximate surface area is 128 Å². The van der Waals surface area contributed by atoms with E-state index in [1.807, 2.05) is 0 Å². The van der Waals surface area contributed by atoms with Crippen molar-refractivity contribution in [3.8, 4) is 0 Å². The standard InChI is InChI=1S/C15H27NO4S/c1-4-15(2)8-10-16(11-9-15)21(18,19)13-7-5-6-12(13)14(17)20-3/h12-13H,4-11H2,1-3H3. The average Bonchev–Trinajstić information content (AvgIpc) is 2.97. The normalized spacial score (nSPS) is 30.2. The molecule has 2 fully saturated rings. The number of methoxy groups -OCH3 is 1. The summed E-state index contributed by atoms with van der Waals surface area (Å²) in [7, 11) is -2.06. The van der Waals surface area contributed by atoms with Crippen LogP contribution in [0.1, 0.15) is 52.4 Å². The van der Waals surface area contributed by atoms with Crippen LogP contribution in [0.25, 0.3) is 0 Å². The number of rotatable bonds is 4. The van der Waals surface area contributed by atoms with E-state index in [1.54, 1.807) is 4.31 Å². The zero-order valence-corrected chi connectivity index (χ0v) is 14.1. The molecule has 21 heavy (non-hydrogen) atoms. The Bertz CT molecular complexity index is 480. The van der Waals surface area contributed by atoms with Crippen LogP contribution in [0.4, 0.5) is 0 Å². The van der Waals surface area contributed by atoms with E-state index < -0.39 is 21.2 Å². The van der Waals surface area contributed by atoms with Gasteiger partial charge in [-0.1, -0.05) is 26.7 Å². The molecule has 2 atom stereocenters. The molecule has 1 aliphatic carbocycles. The van der Waals surface area contributed by atoms with Crippen LogP contribution in [-0.4, -0.2) is 44.1 Å². The zero-order chi connectivity index (χ0) is 15.7. The van der Waals surface area contributed by atoms with Crippen molar-refractivity contribution >= 4 is 16.0 Å². The summed E-state index contributed by atoms with van der Waals surface area (Å²) < 4.78 is 32.1. The van der Waals surface area contributed by atoms with E-state index in [0.717, 1.165) is 25.7 Å². The molecule has 0 radical (unpaired) electrons. The molecule has 0 amide bonds. The lowest BCUT2D eigenvalue weighted by Crippen LogP contribution is -2.47. The van der Waals surface area contributed by atoms with Gasteiger partial charge in [0.15, 0.2) is 0 Å². The molecule has 0 aromatic carbocycles. The number of carbonyl (C=O) groups is 1. The van der Waals surface area contributed by atoms with Crippen molar-refractivity contribution < 1.29 is 17.9 Å². The Kier molecular flexibility index (Phi) is 4.98. The molecule has 0 aromatic rings. The van der Waals surface area contributed by atoms with Crippen molar-refractivity contribution in [2.75, 3.05) is 20.2 Å². The van der Waals surface area contributed by atoms with Gasteiger partial charge >= 0.3 is 5.97 Å². The summed E-state index contributed by atoms with van der Waals surface area (Å²) in [6.07, 6.45) is 4.86. The van der Waals surface area contributed by atoms with E-state index in [4.69, 9.17) is 4.74 Å². The van der Waals surface area contributed by atoms with Gasteiger partial charge in [-0.05, 0) is 31.1 Å². The van der Waals surface area contributed by atoms with Crippen molar-refractivity contribution in [3.63, 3.8) is 0 Å². The maximum Gasteiger partial charge on any atom is 0.310 e. The average molecular weight is 317 g/mol. The van der Waals surface area contributed by atoms with Crippen LogP contribution in [0.15, 0.2) is 0 Å². The molecule has 0 bridgehead atoms. The van der Waals surface area contributed by atoms with E-state index in [2.05, 4.69) is 13.8 Å². The molecular weight excluding hydrogens is 290 g/mol. The summed E-state index contributed by atoms with van der Waals surface area (Å²) in [5, 5.41) is -0.587. The molecule has 122 valence electrons. The van der Waals surface area contributed by atoms with Crippen molar-refractivity contribution in [1.82, 2.24) is 4.31 Å². The molecular formula is C15H27NO4S. The van der Waals surface area contributed by atoms with Gasteiger partial charge in [0.2, 0.25) is 10.0 Å². The maximum absolute atomic E-state index is 12.8. The highest BCUT2D eigenvalue weighted by Crippen LogP contribution is 2.38. The van der Waals surface area contributed by atoms with Crippen LogP contribution in [0.2, 0.25) is 0 Å². The van der Waals surface area contributed by atoms with Gasteiger partial charge < -0.3 is 4.74 Å². The number of sulfonamides is 1. The lowest BCUT2D eigenvalue weighted by atomic mass is 9.79. The molecule has 5 nitrogen and oxygen atoms in total. The largest absolute Gasteiger partial charge is 0.469 e. The highest BCUT2D eigenvalue weighted by atomic mass is 32.2. The van der Waals surface area contributed by atoms with Gasteiger partial charge in [0.25, 0.3) is 0 Å². The summed E-state index contributed by atoms with van der Waals surface area (Å²) in [5.41, 5.74) is 0.253. The minimum absolute atomic E-state index is 0.253. The molecule has 1 saturated carbocycles. The third kappa shape index (κ3) is 3.26. The summed E-state index contributed by atoms with van der Waals surface area (Å²) in [6.45, 7) is 5.55. The molecule has 2 aliphatic rings. The molecule has 6 heteroatoms. The molecule has 1 heterocycles. The Morgan fingerprint density at radius 3 is 2.43 bits per heavy atom. The molecule has 1 saturated heterocycles. The van der Waals surface area contributed by atoms with Crippen molar-refractivity contribution in [3.05, 3.63) is 0 Å². The first-order chi connectivity index (χ1) is 9.84. The zero-order valence-electron chi connectivity index (χ0n) is 13.3. The lowest BCUT2D eigenvalue weighted by Gasteiger charge is -2.39. The van der Waals surface area contributed by atoms with Crippen LogP contribution in [0.5, 0.6) is 0 Å². The fraction of sp³-hybridized carbons (Fsp3) is 0.933. The van der Waals surface area contributed by atoms with Gasteiger partial charge in [0.05, 0.1) is 18.3 Å². The second kappa shape index (κ2) is 6.24. The smallest absolute Gasteiger partial charge is 0.310 e. The van der Waals surface area contributed by atoms with E-state index in [-0.39, 0.29) is 11.4 Å². The molecule has 1 aliphatic heterocycles. The molecule has 0 N–H and O–H groups in total. The molecule has 2 rings (SSSR count). The summed E-state index contributed by atoms with van der Waals surface area (Å²) in [6, 6.07) is 0. The minimum atomic E-state index is -3.39. The van der Waals surface area contributed by atoms with E-state index in [9.17, 15) is 13.2 Å². The number of ether oxygens (including phenoxy) is 1. The predicted molar refractivity (Wildman–Crippen MR) is 81.3 cm³/mol. The Morgan fingerprint density at radius 1 is 1.29 bits per heavy atom.